The highest BCUT2D eigenvalue weighted by Crippen LogP contribution is 2.27. The molecule has 0 saturated carbocycles. The molecule has 1 aliphatic rings. The number of hydrogen-bond acceptors (Lipinski definition) is 3. The third-order valence-electron chi connectivity index (χ3n) is 3.58. The second kappa shape index (κ2) is 6.54. The molecule has 2 rings (SSSR count). The van der Waals surface area contributed by atoms with E-state index in [1.807, 2.05) is 11.8 Å². The predicted octanol–water partition coefficient (Wildman–Crippen LogP) is 2.81. The van der Waals surface area contributed by atoms with Crippen molar-refractivity contribution >= 4 is 17.7 Å². The summed E-state index contributed by atoms with van der Waals surface area (Å²) in [7, 11) is 0. The van der Waals surface area contributed by atoms with Gasteiger partial charge in [0.2, 0.25) is 0 Å². The van der Waals surface area contributed by atoms with Gasteiger partial charge in [0.15, 0.2) is 0 Å². The molecule has 0 radical (unpaired) electrons. The van der Waals surface area contributed by atoms with Crippen molar-refractivity contribution in [3.63, 3.8) is 0 Å². The zero-order valence-corrected chi connectivity index (χ0v) is 12.1. The Labute approximate surface area is 121 Å². The number of halogens is 2. The van der Waals surface area contributed by atoms with Crippen LogP contribution in [0.25, 0.3) is 0 Å². The van der Waals surface area contributed by atoms with E-state index in [0.29, 0.717) is 41.2 Å². The molecule has 0 spiro atoms. The number of likely N-dealkylation sites (tertiary alicyclic amines) is 1. The van der Waals surface area contributed by atoms with Crippen molar-refractivity contribution in [2.45, 2.75) is 30.0 Å². The van der Waals surface area contributed by atoms with Gasteiger partial charge >= 0.3 is 0 Å². The van der Waals surface area contributed by atoms with Crippen LogP contribution in [0.2, 0.25) is 0 Å². The van der Waals surface area contributed by atoms with Gasteiger partial charge in [0.05, 0.1) is 0 Å². The standard InChI is InChI=1S/C14H18F2N2OS/c1-9-6-10(7-17)8-18(9)13(19)11-2-4-12(5-3-11)20-14(15)16/h2-5,9-10,14H,6-8,17H2,1H3. The fraction of sp³-hybridized carbons (Fsp3) is 0.500. The monoisotopic (exact) mass is 300 g/mol. The minimum atomic E-state index is -2.44. The van der Waals surface area contributed by atoms with E-state index in [1.54, 1.807) is 24.3 Å². The van der Waals surface area contributed by atoms with E-state index in [-0.39, 0.29) is 11.9 Å². The van der Waals surface area contributed by atoms with Gasteiger partial charge in [-0.15, -0.1) is 0 Å². The quantitative estimate of drug-likeness (QED) is 0.870. The highest BCUT2D eigenvalue weighted by Gasteiger charge is 2.31. The van der Waals surface area contributed by atoms with E-state index >= 15 is 0 Å². The van der Waals surface area contributed by atoms with Crippen LogP contribution in [0.4, 0.5) is 8.78 Å². The maximum Gasteiger partial charge on any atom is 0.288 e. The number of thioether (sulfide) groups is 1. The molecule has 1 aliphatic heterocycles. The summed E-state index contributed by atoms with van der Waals surface area (Å²) < 4.78 is 24.5. The number of alkyl halides is 2. The highest BCUT2D eigenvalue weighted by molar-refractivity contribution is 7.99. The van der Waals surface area contributed by atoms with Crippen molar-refractivity contribution in [1.82, 2.24) is 4.90 Å². The molecular weight excluding hydrogens is 282 g/mol. The predicted molar refractivity (Wildman–Crippen MR) is 76.0 cm³/mol. The molecule has 0 aliphatic carbocycles. The van der Waals surface area contributed by atoms with E-state index in [2.05, 4.69) is 0 Å². The molecule has 2 unspecified atom stereocenters. The summed E-state index contributed by atoms with van der Waals surface area (Å²) in [5.41, 5.74) is 6.19. The van der Waals surface area contributed by atoms with Crippen LogP contribution in [-0.4, -0.2) is 35.7 Å². The molecule has 20 heavy (non-hydrogen) atoms. The highest BCUT2D eigenvalue weighted by atomic mass is 32.2. The summed E-state index contributed by atoms with van der Waals surface area (Å²) in [6.45, 7) is 3.26. The van der Waals surface area contributed by atoms with E-state index in [1.165, 1.54) is 0 Å². The van der Waals surface area contributed by atoms with E-state index in [4.69, 9.17) is 5.73 Å². The van der Waals surface area contributed by atoms with Gasteiger partial charge in [0, 0.05) is 23.0 Å². The number of amides is 1. The Kier molecular flexibility index (Phi) is 4.99. The lowest BCUT2D eigenvalue weighted by Crippen LogP contribution is -2.34. The van der Waals surface area contributed by atoms with Crippen molar-refractivity contribution in [3.05, 3.63) is 29.8 Å². The maximum absolute atomic E-state index is 12.4. The average molecular weight is 300 g/mol. The first-order chi connectivity index (χ1) is 9.51. The van der Waals surface area contributed by atoms with Crippen LogP contribution in [0.3, 0.4) is 0 Å². The lowest BCUT2D eigenvalue weighted by Gasteiger charge is -2.21. The van der Waals surface area contributed by atoms with Crippen molar-refractivity contribution < 1.29 is 13.6 Å². The van der Waals surface area contributed by atoms with Crippen LogP contribution < -0.4 is 5.73 Å². The molecule has 1 aromatic carbocycles. The third-order valence-corrected chi connectivity index (χ3v) is 4.30. The Hall–Kier alpha value is -1.14. The smallest absolute Gasteiger partial charge is 0.288 e. The maximum atomic E-state index is 12.4. The topological polar surface area (TPSA) is 46.3 Å². The molecule has 1 amide bonds. The molecule has 6 heteroatoms. The minimum absolute atomic E-state index is 0.0537. The van der Waals surface area contributed by atoms with E-state index in [0.717, 1.165) is 6.42 Å². The normalized spacial score (nSPS) is 22.6. The van der Waals surface area contributed by atoms with Gasteiger partial charge in [-0.25, -0.2) is 0 Å². The third kappa shape index (κ3) is 3.49. The average Bonchev–Trinajstić information content (AvgIpc) is 2.79. The van der Waals surface area contributed by atoms with E-state index < -0.39 is 5.76 Å². The van der Waals surface area contributed by atoms with Crippen LogP contribution in [-0.2, 0) is 0 Å². The van der Waals surface area contributed by atoms with Gasteiger partial charge in [-0.1, -0.05) is 11.8 Å². The van der Waals surface area contributed by atoms with Crippen LogP contribution in [0, 0.1) is 5.92 Å². The summed E-state index contributed by atoms with van der Waals surface area (Å²) in [4.78, 5) is 14.7. The summed E-state index contributed by atoms with van der Waals surface area (Å²) in [6.07, 6.45) is 0.918. The molecule has 3 nitrogen and oxygen atoms in total. The van der Waals surface area contributed by atoms with Crippen molar-refractivity contribution in [3.8, 4) is 0 Å². The Morgan fingerprint density at radius 1 is 1.45 bits per heavy atom. The summed E-state index contributed by atoms with van der Waals surface area (Å²) >= 11 is 0.481. The molecule has 2 atom stereocenters. The largest absolute Gasteiger partial charge is 0.336 e. The van der Waals surface area contributed by atoms with Crippen LogP contribution in [0.5, 0.6) is 0 Å². The number of nitrogens with zero attached hydrogens (tertiary/aromatic N) is 1. The molecule has 110 valence electrons. The minimum Gasteiger partial charge on any atom is -0.336 e. The second-order valence-electron chi connectivity index (χ2n) is 5.05. The Morgan fingerprint density at radius 3 is 2.60 bits per heavy atom. The Morgan fingerprint density at radius 2 is 2.10 bits per heavy atom. The van der Waals surface area contributed by atoms with Gasteiger partial charge in [-0.2, -0.15) is 8.78 Å². The first-order valence-corrected chi connectivity index (χ1v) is 7.45. The molecule has 1 saturated heterocycles. The van der Waals surface area contributed by atoms with Gasteiger partial charge in [-0.3, -0.25) is 4.79 Å². The number of carbonyl (C=O) groups excluding carboxylic acids is 1. The zero-order valence-electron chi connectivity index (χ0n) is 11.3. The lowest BCUT2D eigenvalue weighted by molar-refractivity contribution is 0.0743. The van der Waals surface area contributed by atoms with Crippen molar-refractivity contribution in [2.75, 3.05) is 13.1 Å². The van der Waals surface area contributed by atoms with Crippen molar-refractivity contribution in [1.29, 1.82) is 0 Å². The SMILES string of the molecule is CC1CC(CN)CN1C(=O)c1ccc(SC(F)F)cc1. The van der Waals surface area contributed by atoms with Gasteiger partial charge < -0.3 is 10.6 Å². The summed E-state index contributed by atoms with van der Waals surface area (Å²) in [6, 6.07) is 6.51. The molecular formula is C14H18F2N2OS. The summed E-state index contributed by atoms with van der Waals surface area (Å²) in [5, 5.41) is 0. The molecule has 1 heterocycles. The number of nitrogens with two attached hydrogens (primary N) is 1. The first-order valence-electron chi connectivity index (χ1n) is 6.57. The zero-order chi connectivity index (χ0) is 14.7. The van der Waals surface area contributed by atoms with E-state index in [9.17, 15) is 13.6 Å². The molecule has 0 bridgehead atoms. The van der Waals surface area contributed by atoms with Crippen molar-refractivity contribution in [2.24, 2.45) is 11.7 Å². The second-order valence-corrected chi connectivity index (χ2v) is 6.11. The summed E-state index contributed by atoms with van der Waals surface area (Å²) in [5.74, 6) is -2.15. The van der Waals surface area contributed by atoms with Gasteiger partial charge in [0.1, 0.15) is 0 Å². The Balaban J connectivity index is 2.06. The fourth-order valence-corrected chi connectivity index (χ4v) is 3.04. The number of hydrogen-bond donors (Lipinski definition) is 1. The first kappa shape index (κ1) is 15.3. The lowest BCUT2D eigenvalue weighted by atomic mass is 10.1. The number of benzene rings is 1. The van der Waals surface area contributed by atoms with Gasteiger partial charge in [0.25, 0.3) is 11.7 Å². The molecule has 1 fully saturated rings. The Bertz CT molecular complexity index is 467. The van der Waals surface area contributed by atoms with Gasteiger partial charge in [-0.05, 0) is 50.1 Å². The van der Waals surface area contributed by atoms with Crippen LogP contribution in [0.1, 0.15) is 23.7 Å². The molecule has 0 aromatic heterocycles. The van der Waals surface area contributed by atoms with Crippen LogP contribution in [0.15, 0.2) is 29.2 Å². The van der Waals surface area contributed by atoms with Crippen LogP contribution >= 0.6 is 11.8 Å². The molecule has 2 N–H and O–H groups in total. The molecule has 1 aromatic rings. The fourth-order valence-electron chi connectivity index (χ4n) is 2.54. The number of rotatable bonds is 4. The number of carbonyl (C=O) groups is 1.